The Morgan fingerprint density at radius 1 is 1.21 bits per heavy atom. The van der Waals surface area contributed by atoms with Gasteiger partial charge in [-0.25, -0.2) is 0 Å². The number of alkyl halides is 2. The minimum absolute atomic E-state index is 0.312. The van der Waals surface area contributed by atoms with Crippen LogP contribution in [0.25, 0.3) is 0 Å². The zero-order valence-corrected chi connectivity index (χ0v) is 14.6. The summed E-state index contributed by atoms with van der Waals surface area (Å²) in [4.78, 5) is 15.1. The molecule has 6 aliphatic rings. The number of hydrogen-bond donors (Lipinski definition) is 0. The van der Waals surface area contributed by atoms with Crippen LogP contribution in [0.3, 0.4) is 0 Å². The highest BCUT2D eigenvalue weighted by Gasteiger charge is 2.87. The van der Waals surface area contributed by atoms with E-state index in [1.807, 2.05) is 0 Å². The highest BCUT2D eigenvalue weighted by atomic mass is 127. The lowest BCUT2D eigenvalue weighted by Crippen LogP contribution is -2.40. The second kappa shape index (κ2) is 3.52. The Morgan fingerprint density at radius 3 is 2.74 bits per heavy atom. The lowest BCUT2D eigenvalue weighted by molar-refractivity contribution is -0.758. The Labute approximate surface area is 138 Å². The second-order valence-corrected chi connectivity index (χ2v) is 9.89. The summed E-state index contributed by atoms with van der Waals surface area (Å²) in [6.45, 7) is 0.312. The number of halogens is 2. The monoisotopic (exact) mass is 487 g/mol. The summed E-state index contributed by atoms with van der Waals surface area (Å²) in [5.41, 5.74) is 0.389. The van der Waals surface area contributed by atoms with Gasteiger partial charge in [0.2, 0.25) is 0 Å². The van der Waals surface area contributed by atoms with Crippen molar-refractivity contribution in [2.45, 2.75) is 20.7 Å². The SMILES string of the molecule is O=[N+]([O-])OCC[C@@]12[C@@H]3[C@@H]4C[C@@H]5[C@H]3[C@H](I)[C@H]1[C@H]5[C@H]4[C@H]2I. The average molecular weight is 487 g/mol. The molecule has 0 unspecified atom stereocenters. The van der Waals surface area contributed by atoms with Crippen molar-refractivity contribution in [2.75, 3.05) is 6.61 Å². The van der Waals surface area contributed by atoms with Crippen LogP contribution in [0.4, 0.5) is 0 Å². The van der Waals surface area contributed by atoms with Crippen molar-refractivity contribution < 1.29 is 9.92 Å². The predicted octanol–water partition coefficient (Wildman–Crippen LogP) is 2.95. The van der Waals surface area contributed by atoms with Crippen LogP contribution in [-0.2, 0) is 4.84 Å². The van der Waals surface area contributed by atoms with Crippen LogP contribution in [0.1, 0.15) is 12.8 Å². The van der Waals surface area contributed by atoms with Gasteiger partial charge >= 0.3 is 0 Å². The molecule has 6 rings (SSSR count). The van der Waals surface area contributed by atoms with Gasteiger partial charge < -0.3 is 4.84 Å². The molecule has 10 atom stereocenters. The lowest BCUT2D eigenvalue weighted by Gasteiger charge is -2.42. The molecule has 6 saturated carbocycles. The zero-order valence-electron chi connectivity index (χ0n) is 10.2. The fraction of sp³-hybridized carbons (Fsp3) is 1.00. The van der Waals surface area contributed by atoms with E-state index in [0.29, 0.717) is 12.0 Å². The summed E-state index contributed by atoms with van der Waals surface area (Å²) < 4.78 is 1.59. The molecule has 0 saturated heterocycles. The molecule has 0 aromatic carbocycles. The molecule has 0 aromatic rings. The summed E-state index contributed by atoms with van der Waals surface area (Å²) >= 11 is 5.40. The maximum absolute atomic E-state index is 10.4. The smallest absolute Gasteiger partial charge is 0.294 e. The van der Waals surface area contributed by atoms with Crippen molar-refractivity contribution in [3.05, 3.63) is 10.1 Å². The van der Waals surface area contributed by atoms with Crippen molar-refractivity contribution in [3.63, 3.8) is 0 Å². The molecule has 0 aliphatic heterocycles. The van der Waals surface area contributed by atoms with Gasteiger partial charge in [0.05, 0.1) is 6.61 Å². The molecule has 0 amide bonds. The Hall–Kier alpha value is 0.660. The predicted molar refractivity (Wildman–Crippen MR) is 84.7 cm³/mol. The zero-order chi connectivity index (χ0) is 13.1. The van der Waals surface area contributed by atoms with Gasteiger partial charge in [0.15, 0.2) is 0 Å². The quantitative estimate of drug-likeness (QED) is 0.266. The molecule has 19 heavy (non-hydrogen) atoms. The van der Waals surface area contributed by atoms with E-state index in [2.05, 4.69) is 50.0 Å². The molecular formula is C13H15I2NO3. The van der Waals surface area contributed by atoms with Gasteiger partial charge in [-0.3, -0.25) is 0 Å². The summed E-state index contributed by atoms with van der Waals surface area (Å²) in [5.74, 6) is 6.51. The Kier molecular flexibility index (Phi) is 2.27. The maximum Gasteiger partial charge on any atom is 0.294 e. The van der Waals surface area contributed by atoms with Gasteiger partial charge in [-0.2, -0.15) is 0 Å². The van der Waals surface area contributed by atoms with Crippen molar-refractivity contribution in [1.29, 1.82) is 0 Å². The van der Waals surface area contributed by atoms with E-state index in [9.17, 15) is 10.1 Å². The standard InChI is InChI=1S/C13H15I2NO3/c14-11-8-4-3-5-7-6(4)10(11)13(9(5)8,12(7)15)1-2-19-16(17)18/h4-12H,1-3H2/t4-,5+,6+,7-,8+,9+,10+,11-,12+,13+/m0/s1. The molecule has 0 heterocycles. The van der Waals surface area contributed by atoms with E-state index in [-0.39, 0.29) is 0 Å². The summed E-state index contributed by atoms with van der Waals surface area (Å²) in [5, 5.41) is 9.81. The highest BCUT2D eigenvalue weighted by Crippen LogP contribution is 2.89. The molecule has 104 valence electrons. The van der Waals surface area contributed by atoms with Gasteiger partial charge in [-0.1, -0.05) is 45.2 Å². The normalized spacial score (nSPS) is 65.7. The van der Waals surface area contributed by atoms with Crippen LogP contribution < -0.4 is 0 Å². The average Bonchev–Trinajstić information content (AvgIpc) is 3.05. The first-order valence-corrected chi connectivity index (χ1v) is 9.63. The van der Waals surface area contributed by atoms with E-state index >= 15 is 0 Å². The van der Waals surface area contributed by atoms with Gasteiger partial charge in [-0.05, 0) is 59.7 Å². The summed E-state index contributed by atoms with van der Waals surface area (Å²) in [6.07, 6.45) is 2.39. The molecular weight excluding hydrogens is 472 g/mol. The van der Waals surface area contributed by atoms with E-state index < -0.39 is 5.09 Å². The van der Waals surface area contributed by atoms with Crippen LogP contribution >= 0.6 is 45.2 Å². The fourth-order valence-electron chi connectivity index (χ4n) is 7.48. The molecule has 0 radical (unpaired) electrons. The molecule has 6 fully saturated rings. The van der Waals surface area contributed by atoms with E-state index in [1.54, 1.807) is 0 Å². The third-order valence-electron chi connectivity index (χ3n) is 7.30. The minimum Gasteiger partial charge on any atom is -0.314 e. The first-order chi connectivity index (χ1) is 9.09. The molecule has 0 aromatic heterocycles. The number of rotatable bonds is 4. The third-order valence-corrected chi connectivity index (χ3v) is 10.9. The third kappa shape index (κ3) is 1.07. The lowest BCUT2D eigenvalue weighted by atomic mass is 9.62. The summed E-state index contributed by atoms with van der Waals surface area (Å²) in [7, 11) is 0. The molecule has 6 aliphatic carbocycles. The second-order valence-electron chi connectivity index (χ2n) is 7.11. The molecule has 0 N–H and O–H groups in total. The van der Waals surface area contributed by atoms with E-state index in [1.165, 1.54) is 6.42 Å². The first-order valence-electron chi connectivity index (χ1n) is 7.14. The van der Waals surface area contributed by atoms with E-state index in [0.717, 1.165) is 55.7 Å². The molecule has 4 nitrogen and oxygen atoms in total. The summed E-state index contributed by atoms with van der Waals surface area (Å²) in [6, 6.07) is 0. The van der Waals surface area contributed by atoms with Crippen LogP contribution in [-0.4, -0.2) is 19.5 Å². The van der Waals surface area contributed by atoms with Crippen LogP contribution in [0.2, 0.25) is 0 Å². The maximum atomic E-state index is 10.4. The van der Waals surface area contributed by atoms with Gasteiger partial charge in [-0.15, -0.1) is 10.1 Å². The van der Waals surface area contributed by atoms with Gasteiger partial charge in [0, 0.05) is 7.85 Å². The van der Waals surface area contributed by atoms with Crippen molar-refractivity contribution in [3.8, 4) is 0 Å². The number of hydrogen-bond acceptors (Lipinski definition) is 3. The van der Waals surface area contributed by atoms with Crippen LogP contribution in [0, 0.1) is 57.0 Å². The Balaban J connectivity index is 1.52. The van der Waals surface area contributed by atoms with Crippen molar-refractivity contribution >= 4 is 45.2 Å². The van der Waals surface area contributed by atoms with E-state index in [4.69, 9.17) is 0 Å². The topological polar surface area (TPSA) is 52.4 Å². The molecule has 6 bridgehead atoms. The number of nitrogens with zero attached hydrogens (tertiary/aromatic N) is 1. The highest BCUT2D eigenvalue weighted by molar-refractivity contribution is 14.1. The largest absolute Gasteiger partial charge is 0.314 e. The van der Waals surface area contributed by atoms with Gasteiger partial charge in [0.25, 0.3) is 5.09 Å². The minimum atomic E-state index is -0.621. The van der Waals surface area contributed by atoms with Gasteiger partial charge in [0.1, 0.15) is 0 Å². The van der Waals surface area contributed by atoms with Crippen LogP contribution in [0.5, 0.6) is 0 Å². The first kappa shape index (κ1) is 12.2. The molecule has 6 heteroatoms. The van der Waals surface area contributed by atoms with Crippen molar-refractivity contribution in [2.24, 2.45) is 46.8 Å². The van der Waals surface area contributed by atoms with Crippen molar-refractivity contribution in [1.82, 2.24) is 0 Å². The Morgan fingerprint density at radius 2 is 2.00 bits per heavy atom. The Bertz CT molecular complexity index is 485. The fourth-order valence-corrected chi connectivity index (χ4v) is 11.8. The van der Waals surface area contributed by atoms with Crippen LogP contribution in [0.15, 0.2) is 0 Å². The molecule has 0 spiro atoms.